The van der Waals surface area contributed by atoms with Crippen LogP contribution in [0.15, 0.2) is 36.9 Å². The second kappa shape index (κ2) is 5.65. The summed E-state index contributed by atoms with van der Waals surface area (Å²) in [7, 11) is 0. The van der Waals surface area contributed by atoms with Crippen LogP contribution in [0.2, 0.25) is 5.02 Å². The Morgan fingerprint density at radius 1 is 1.36 bits per heavy atom. The lowest BCUT2D eigenvalue weighted by molar-refractivity contribution is -0.118. The molecule has 1 aromatic heterocycles. The van der Waals surface area contributed by atoms with Crippen LogP contribution in [-0.2, 0) is 17.7 Å². The van der Waals surface area contributed by atoms with Crippen molar-refractivity contribution >= 4 is 11.6 Å². The Hall–Kier alpha value is -1.43. The van der Waals surface area contributed by atoms with Gasteiger partial charge in [0, 0.05) is 10.9 Å². The molecule has 1 aliphatic rings. The van der Waals surface area contributed by atoms with E-state index in [-0.39, 0.29) is 5.92 Å². The summed E-state index contributed by atoms with van der Waals surface area (Å²) in [6.45, 7) is 4.72. The molecule has 22 heavy (non-hydrogen) atoms. The molecule has 6 heteroatoms. The largest absolute Gasteiger partial charge is 0.385 e. The molecule has 118 valence electrons. The van der Waals surface area contributed by atoms with Gasteiger partial charge in [0.25, 0.3) is 0 Å². The van der Waals surface area contributed by atoms with Crippen LogP contribution in [0.4, 0.5) is 0 Å². The van der Waals surface area contributed by atoms with Gasteiger partial charge in [0.05, 0.1) is 18.8 Å². The summed E-state index contributed by atoms with van der Waals surface area (Å²) in [5.41, 5.74) is -0.524. The molecule has 2 atom stereocenters. The monoisotopic (exact) mass is 321 g/mol. The van der Waals surface area contributed by atoms with Crippen molar-refractivity contribution in [2.75, 3.05) is 6.61 Å². The molecule has 1 N–H and O–H groups in total. The first-order valence-corrected chi connectivity index (χ1v) is 7.72. The summed E-state index contributed by atoms with van der Waals surface area (Å²) in [4.78, 5) is 3.95. The number of halogens is 1. The van der Waals surface area contributed by atoms with Crippen molar-refractivity contribution in [3.8, 4) is 0 Å². The highest BCUT2D eigenvalue weighted by atomic mass is 35.5. The molecule has 0 radical (unpaired) electrons. The van der Waals surface area contributed by atoms with Crippen molar-refractivity contribution in [1.29, 1.82) is 0 Å². The third kappa shape index (κ3) is 2.76. The van der Waals surface area contributed by atoms with Crippen molar-refractivity contribution in [3.05, 3.63) is 47.5 Å². The van der Waals surface area contributed by atoms with E-state index in [2.05, 4.69) is 10.1 Å². The minimum absolute atomic E-state index is 0.0205. The number of rotatable bonds is 4. The van der Waals surface area contributed by atoms with E-state index >= 15 is 0 Å². The number of aromatic nitrogens is 3. The van der Waals surface area contributed by atoms with Gasteiger partial charge >= 0.3 is 0 Å². The zero-order chi connectivity index (χ0) is 15.8. The van der Waals surface area contributed by atoms with Gasteiger partial charge in [0.2, 0.25) is 0 Å². The summed E-state index contributed by atoms with van der Waals surface area (Å²) in [5.74, 6) is -0.0205. The number of nitrogens with zero attached hydrogens (tertiary/aromatic N) is 3. The van der Waals surface area contributed by atoms with Crippen LogP contribution >= 0.6 is 11.6 Å². The predicted molar refractivity (Wildman–Crippen MR) is 83.6 cm³/mol. The Kier molecular flexibility index (Phi) is 3.97. The molecule has 2 aromatic rings. The van der Waals surface area contributed by atoms with Gasteiger partial charge in [-0.05, 0) is 38.0 Å². The molecule has 2 unspecified atom stereocenters. The van der Waals surface area contributed by atoms with E-state index in [1.165, 1.54) is 6.33 Å². The Bertz CT molecular complexity index is 627. The second-order valence-corrected chi connectivity index (χ2v) is 6.80. The predicted octanol–water partition coefficient (Wildman–Crippen LogP) is 2.33. The molecule has 1 aliphatic heterocycles. The number of benzene rings is 1. The Morgan fingerprint density at radius 2 is 2.09 bits per heavy atom. The maximum Gasteiger partial charge on any atom is 0.137 e. The lowest BCUT2D eigenvalue weighted by atomic mass is 9.76. The van der Waals surface area contributed by atoms with Crippen molar-refractivity contribution in [3.63, 3.8) is 0 Å². The van der Waals surface area contributed by atoms with Crippen LogP contribution < -0.4 is 0 Å². The molecule has 0 spiro atoms. The smallest absolute Gasteiger partial charge is 0.137 e. The average molecular weight is 322 g/mol. The molecular formula is C16H20ClN3O2. The molecular weight excluding hydrogens is 302 g/mol. The lowest BCUT2D eigenvalue weighted by Gasteiger charge is -2.38. The van der Waals surface area contributed by atoms with Crippen LogP contribution in [0.1, 0.15) is 19.4 Å². The fourth-order valence-corrected chi connectivity index (χ4v) is 3.20. The second-order valence-electron chi connectivity index (χ2n) is 6.37. The van der Waals surface area contributed by atoms with Crippen LogP contribution in [-0.4, -0.2) is 37.7 Å². The zero-order valence-electron chi connectivity index (χ0n) is 12.7. The molecule has 0 saturated carbocycles. The van der Waals surface area contributed by atoms with E-state index < -0.39 is 11.2 Å². The normalized spacial score (nSPS) is 27.2. The van der Waals surface area contributed by atoms with E-state index in [9.17, 15) is 5.11 Å². The van der Waals surface area contributed by atoms with E-state index in [1.54, 1.807) is 11.0 Å². The maximum absolute atomic E-state index is 11.3. The molecule has 3 rings (SSSR count). The molecule has 0 bridgehead atoms. The van der Waals surface area contributed by atoms with Gasteiger partial charge in [-0.3, -0.25) is 0 Å². The molecule has 1 aromatic carbocycles. The minimum Gasteiger partial charge on any atom is -0.385 e. The number of ether oxygens (including phenoxy) is 1. The molecule has 1 saturated heterocycles. The first-order valence-electron chi connectivity index (χ1n) is 7.34. The minimum atomic E-state index is -1.01. The fourth-order valence-electron chi connectivity index (χ4n) is 3.08. The van der Waals surface area contributed by atoms with Gasteiger partial charge < -0.3 is 9.84 Å². The Morgan fingerprint density at radius 3 is 2.73 bits per heavy atom. The number of hydrogen-bond acceptors (Lipinski definition) is 4. The third-order valence-corrected chi connectivity index (χ3v) is 4.88. The maximum atomic E-state index is 11.3. The van der Waals surface area contributed by atoms with Crippen LogP contribution in [0.25, 0.3) is 0 Å². The first kappa shape index (κ1) is 15.5. The van der Waals surface area contributed by atoms with Crippen LogP contribution in [0.5, 0.6) is 0 Å². The quantitative estimate of drug-likeness (QED) is 0.939. The van der Waals surface area contributed by atoms with Crippen molar-refractivity contribution in [2.24, 2.45) is 5.92 Å². The van der Waals surface area contributed by atoms with E-state index in [0.717, 1.165) is 12.0 Å². The first-order chi connectivity index (χ1) is 10.4. The summed E-state index contributed by atoms with van der Waals surface area (Å²) in [6, 6.07) is 7.72. The van der Waals surface area contributed by atoms with Crippen molar-refractivity contribution in [1.82, 2.24) is 14.8 Å². The third-order valence-electron chi connectivity index (χ3n) is 4.63. The number of aliphatic hydroxyl groups is 1. The summed E-state index contributed by atoms with van der Waals surface area (Å²) >= 11 is 5.93. The molecule has 0 aliphatic carbocycles. The fraction of sp³-hybridized carbons (Fsp3) is 0.500. The topological polar surface area (TPSA) is 60.2 Å². The van der Waals surface area contributed by atoms with Crippen LogP contribution in [0, 0.1) is 5.92 Å². The highest BCUT2D eigenvalue weighted by Crippen LogP contribution is 2.42. The van der Waals surface area contributed by atoms with E-state index in [1.807, 2.05) is 38.1 Å². The molecule has 0 amide bonds. The Balaban J connectivity index is 1.84. The summed E-state index contributed by atoms with van der Waals surface area (Å²) in [5, 5.41) is 16.2. The van der Waals surface area contributed by atoms with Gasteiger partial charge in [-0.1, -0.05) is 23.7 Å². The summed E-state index contributed by atoms with van der Waals surface area (Å²) < 4.78 is 7.53. The highest BCUT2D eigenvalue weighted by Gasteiger charge is 2.55. The van der Waals surface area contributed by atoms with Gasteiger partial charge in [-0.2, -0.15) is 5.10 Å². The summed E-state index contributed by atoms with van der Waals surface area (Å²) in [6.07, 6.45) is 3.82. The Labute approximate surface area is 134 Å². The van der Waals surface area contributed by atoms with Gasteiger partial charge in [0.15, 0.2) is 0 Å². The SMILES string of the molecule is CC1(C)OCC(Cc2ccc(Cl)cc2)C1(O)Cn1cncn1. The molecule has 1 fully saturated rings. The van der Waals surface area contributed by atoms with Gasteiger partial charge in [0.1, 0.15) is 18.3 Å². The van der Waals surface area contributed by atoms with Gasteiger partial charge in [-0.15, -0.1) is 0 Å². The van der Waals surface area contributed by atoms with Crippen molar-refractivity contribution < 1.29 is 9.84 Å². The van der Waals surface area contributed by atoms with Crippen molar-refractivity contribution in [2.45, 2.75) is 38.0 Å². The van der Waals surface area contributed by atoms with Crippen LogP contribution in [0.3, 0.4) is 0 Å². The zero-order valence-corrected chi connectivity index (χ0v) is 13.5. The highest BCUT2D eigenvalue weighted by molar-refractivity contribution is 6.30. The lowest BCUT2D eigenvalue weighted by Crippen LogP contribution is -2.54. The standard InChI is InChI=1S/C16H20ClN3O2/c1-15(2)16(21,9-20-11-18-10-19-20)13(8-22-15)7-12-3-5-14(17)6-4-12/h3-6,10-11,13,21H,7-9H2,1-2H3. The van der Waals surface area contributed by atoms with Gasteiger partial charge in [-0.25, -0.2) is 9.67 Å². The van der Waals surface area contributed by atoms with E-state index in [4.69, 9.17) is 16.3 Å². The molecule has 2 heterocycles. The van der Waals surface area contributed by atoms with E-state index in [0.29, 0.717) is 18.2 Å². The molecule has 5 nitrogen and oxygen atoms in total. The average Bonchev–Trinajstić information content (AvgIpc) is 3.04. The number of hydrogen-bond donors (Lipinski definition) is 1.